The molecule has 0 unspecified atom stereocenters. The molecule has 0 atom stereocenters. The Kier molecular flexibility index (Phi) is 10.3. The van der Waals surface area contributed by atoms with E-state index in [0.29, 0.717) is 18.8 Å². The number of rotatable bonds is 9. The van der Waals surface area contributed by atoms with Crippen molar-refractivity contribution in [2.24, 2.45) is 0 Å². The van der Waals surface area contributed by atoms with Crippen LogP contribution in [-0.2, 0) is 19.1 Å². The number of carbonyl (C=O) groups is 2. The molecule has 0 saturated carbocycles. The standard InChI is InChI=1S/C11H20O4S/c1-3-15-10(12)7-5-4-6-8-16-9-11(13)14-2/h3-9H2,1-2H3. The maximum atomic E-state index is 11.0. The molecule has 0 fully saturated rings. The summed E-state index contributed by atoms with van der Waals surface area (Å²) in [6, 6.07) is 0. The van der Waals surface area contributed by atoms with Crippen molar-refractivity contribution in [1.82, 2.24) is 0 Å². The molecule has 0 N–H and O–H groups in total. The van der Waals surface area contributed by atoms with Gasteiger partial charge in [-0.05, 0) is 25.5 Å². The number of unbranched alkanes of at least 4 members (excludes halogenated alkanes) is 2. The van der Waals surface area contributed by atoms with Crippen LogP contribution in [0, 0.1) is 0 Å². The minimum Gasteiger partial charge on any atom is -0.468 e. The predicted octanol–water partition coefficient (Wildman–Crippen LogP) is 2.02. The number of hydrogen-bond acceptors (Lipinski definition) is 5. The highest BCUT2D eigenvalue weighted by Gasteiger charge is 2.02. The van der Waals surface area contributed by atoms with E-state index in [9.17, 15) is 9.59 Å². The molecule has 16 heavy (non-hydrogen) atoms. The summed E-state index contributed by atoms with van der Waals surface area (Å²) in [5, 5.41) is 0. The van der Waals surface area contributed by atoms with E-state index in [1.807, 2.05) is 0 Å². The van der Waals surface area contributed by atoms with E-state index in [0.717, 1.165) is 25.0 Å². The lowest BCUT2D eigenvalue weighted by molar-refractivity contribution is -0.143. The normalized spacial score (nSPS) is 9.88. The molecule has 0 saturated heterocycles. The lowest BCUT2D eigenvalue weighted by Crippen LogP contribution is -2.04. The zero-order valence-corrected chi connectivity index (χ0v) is 10.8. The van der Waals surface area contributed by atoms with Crippen LogP contribution in [0.25, 0.3) is 0 Å². The van der Waals surface area contributed by atoms with Crippen LogP contribution in [0.5, 0.6) is 0 Å². The minimum absolute atomic E-state index is 0.121. The van der Waals surface area contributed by atoms with Crippen LogP contribution in [0.4, 0.5) is 0 Å². The van der Waals surface area contributed by atoms with Crippen molar-refractivity contribution in [3.05, 3.63) is 0 Å². The Morgan fingerprint density at radius 2 is 1.88 bits per heavy atom. The molecule has 0 aliphatic heterocycles. The van der Waals surface area contributed by atoms with E-state index in [1.54, 1.807) is 18.7 Å². The van der Waals surface area contributed by atoms with E-state index in [4.69, 9.17) is 4.74 Å². The van der Waals surface area contributed by atoms with Crippen LogP contribution in [0.2, 0.25) is 0 Å². The number of esters is 2. The Hall–Kier alpha value is -0.710. The SMILES string of the molecule is CCOC(=O)CCCCCSCC(=O)OC. The van der Waals surface area contributed by atoms with E-state index in [1.165, 1.54) is 7.11 Å². The summed E-state index contributed by atoms with van der Waals surface area (Å²) in [4.78, 5) is 21.7. The van der Waals surface area contributed by atoms with Crippen molar-refractivity contribution in [2.75, 3.05) is 25.2 Å². The van der Waals surface area contributed by atoms with Crippen molar-refractivity contribution < 1.29 is 19.1 Å². The number of methoxy groups -OCH3 is 1. The summed E-state index contributed by atoms with van der Waals surface area (Å²) in [5.41, 5.74) is 0. The molecule has 0 aromatic rings. The van der Waals surface area contributed by atoms with Crippen molar-refractivity contribution in [3.63, 3.8) is 0 Å². The van der Waals surface area contributed by atoms with Gasteiger partial charge in [0.1, 0.15) is 0 Å². The van der Waals surface area contributed by atoms with Gasteiger partial charge in [-0.2, -0.15) is 11.8 Å². The van der Waals surface area contributed by atoms with E-state index >= 15 is 0 Å². The summed E-state index contributed by atoms with van der Waals surface area (Å²) in [5.74, 6) is 1.04. The fraction of sp³-hybridized carbons (Fsp3) is 0.818. The van der Waals surface area contributed by atoms with Gasteiger partial charge >= 0.3 is 11.9 Å². The first-order chi connectivity index (χ1) is 7.70. The minimum atomic E-state index is -0.184. The molecule has 94 valence electrons. The molecule has 0 aliphatic carbocycles. The second-order valence-corrected chi connectivity index (χ2v) is 4.35. The summed E-state index contributed by atoms with van der Waals surface area (Å²) in [7, 11) is 1.39. The van der Waals surface area contributed by atoms with Crippen LogP contribution < -0.4 is 0 Å². The molecule has 0 rings (SSSR count). The average Bonchev–Trinajstić information content (AvgIpc) is 2.27. The number of ether oxygens (including phenoxy) is 2. The number of hydrogen-bond donors (Lipinski definition) is 0. The van der Waals surface area contributed by atoms with Gasteiger partial charge < -0.3 is 9.47 Å². The van der Waals surface area contributed by atoms with Gasteiger partial charge in [0.15, 0.2) is 0 Å². The third kappa shape index (κ3) is 9.83. The molecular formula is C11H20O4S. The second kappa shape index (κ2) is 10.8. The van der Waals surface area contributed by atoms with E-state index in [2.05, 4.69) is 4.74 Å². The van der Waals surface area contributed by atoms with Crippen LogP contribution in [-0.4, -0.2) is 37.2 Å². The summed E-state index contributed by atoms with van der Waals surface area (Å²) in [6.07, 6.45) is 3.36. The van der Waals surface area contributed by atoms with Gasteiger partial charge in [0, 0.05) is 6.42 Å². The fourth-order valence-electron chi connectivity index (χ4n) is 1.10. The number of thioether (sulfide) groups is 1. The lowest BCUT2D eigenvalue weighted by Gasteiger charge is -2.02. The highest BCUT2D eigenvalue weighted by molar-refractivity contribution is 7.99. The van der Waals surface area contributed by atoms with E-state index in [-0.39, 0.29) is 11.9 Å². The fourth-order valence-corrected chi connectivity index (χ4v) is 1.93. The highest BCUT2D eigenvalue weighted by Crippen LogP contribution is 2.08. The smallest absolute Gasteiger partial charge is 0.315 e. The maximum Gasteiger partial charge on any atom is 0.315 e. The third-order valence-electron chi connectivity index (χ3n) is 1.92. The maximum absolute atomic E-state index is 11.0. The Balaban J connectivity index is 3.15. The van der Waals surface area contributed by atoms with Gasteiger partial charge in [-0.15, -0.1) is 0 Å². The quantitative estimate of drug-likeness (QED) is 0.461. The first-order valence-corrected chi connectivity index (χ1v) is 6.66. The largest absolute Gasteiger partial charge is 0.468 e. The van der Waals surface area contributed by atoms with Crippen LogP contribution in [0.15, 0.2) is 0 Å². The van der Waals surface area contributed by atoms with Crippen molar-refractivity contribution in [2.45, 2.75) is 32.6 Å². The molecule has 0 spiro atoms. The van der Waals surface area contributed by atoms with Crippen molar-refractivity contribution in [1.29, 1.82) is 0 Å². The topological polar surface area (TPSA) is 52.6 Å². The van der Waals surface area contributed by atoms with Crippen molar-refractivity contribution >= 4 is 23.7 Å². The molecule has 0 aliphatic rings. The Labute approximate surface area is 101 Å². The van der Waals surface area contributed by atoms with Crippen LogP contribution >= 0.6 is 11.8 Å². The Morgan fingerprint density at radius 3 is 2.50 bits per heavy atom. The summed E-state index contributed by atoms with van der Waals surface area (Å²) in [6.45, 7) is 2.26. The summed E-state index contributed by atoms with van der Waals surface area (Å²) < 4.78 is 9.33. The highest BCUT2D eigenvalue weighted by atomic mass is 32.2. The van der Waals surface area contributed by atoms with Gasteiger partial charge in [-0.1, -0.05) is 6.42 Å². The van der Waals surface area contributed by atoms with Gasteiger partial charge in [0.2, 0.25) is 0 Å². The zero-order chi connectivity index (χ0) is 12.2. The molecule has 0 radical (unpaired) electrons. The number of carbonyl (C=O) groups excluding carboxylic acids is 2. The molecule has 0 aromatic heterocycles. The molecule has 0 bridgehead atoms. The van der Waals surface area contributed by atoms with Gasteiger partial charge in [0.25, 0.3) is 0 Å². The Bertz CT molecular complexity index is 206. The lowest BCUT2D eigenvalue weighted by atomic mass is 10.2. The second-order valence-electron chi connectivity index (χ2n) is 3.24. The van der Waals surface area contributed by atoms with Crippen LogP contribution in [0.1, 0.15) is 32.6 Å². The van der Waals surface area contributed by atoms with Crippen LogP contribution in [0.3, 0.4) is 0 Å². The molecule has 4 nitrogen and oxygen atoms in total. The molecule has 0 aromatic carbocycles. The Morgan fingerprint density at radius 1 is 1.12 bits per heavy atom. The monoisotopic (exact) mass is 248 g/mol. The van der Waals surface area contributed by atoms with Crippen molar-refractivity contribution in [3.8, 4) is 0 Å². The van der Waals surface area contributed by atoms with Gasteiger partial charge in [0.05, 0.1) is 19.5 Å². The van der Waals surface area contributed by atoms with Gasteiger partial charge in [-0.25, -0.2) is 0 Å². The van der Waals surface area contributed by atoms with E-state index < -0.39 is 0 Å². The summed E-state index contributed by atoms with van der Waals surface area (Å²) >= 11 is 1.56. The third-order valence-corrected chi connectivity index (χ3v) is 2.94. The first kappa shape index (κ1) is 15.3. The molecule has 0 amide bonds. The molecule has 5 heteroatoms. The average molecular weight is 248 g/mol. The molecular weight excluding hydrogens is 228 g/mol. The first-order valence-electron chi connectivity index (χ1n) is 5.50. The zero-order valence-electron chi connectivity index (χ0n) is 9.99. The van der Waals surface area contributed by atoms with Gasteiger partial charge in [-0.3, -0.25) is 9.59 Å². The molecule has 0 heterocycles. The predicted molar refractivity (Wildman–Crippen MR) is 64.4 cm³/mol.